The lowest BCUT2D eigenvalue weighted by Gasteiger charge is -2.26. The lowest BCUT2D eigenvalue weighted by atomic mass is 9.78. The van der Waals surface area contributed by atoms with Crippen LogP contribution < -0.4 is 10.1 Å². The van der Waals surface area contributed by atoms with Gasteiger partial charge in [-0.05, 0) is 54.4 Å². The molecule has 0 saturated carbocycles. The summed E-state index contributed by atoms with van der Waals surface area (Å²) >= 11 is 0. The zero-order chi connectivity index (χ0) is 22.4. The van der Waals surface area contributed by atoms with Gasteiger partial charge in [-0.2, -0.15) is 0 Å². The van der Waals surface area contributed by atoms with E-state index >= 15 is 0 Å². The Labute approximate surface area is 183 Å². The number of hydrogen-bond acceptors (Lipinski definition) is 4. The Bertz CT molecular complexity index is 1030. The minimum Gasteiger partial charge on any atom is -0.481 e. The molecule has 31 heavy (non-hydrogen) atoms. The van der Waals surface area contributed by atoms with Crippen LogP contribution in [0.25, 0.3) is 0 Å². The second-order valence-electron chi connectivity index (χ2n) is 7.83. The number of anilines is 1. The first-order valence-electron chi connectivity index (χ1n) is 10.1. The van der Waals surface area contributed by atoms with E-state index in [2.05, 4.69) is 36.0 Å². The average Bonchev–Trinajstić information content (AvgIpc) is 2.80. The fraction of sp³-hybridized carbons (Fsp3) is 0.231. The molecule has 1 N–H and O–H groups in total. The molecule has 5 heteroatoms. The molecule has 0 saturated heterocycles. The largest absolute Gasteiger partial charge is 0.481 e. The van der Waals surface area contributed by atoms with Crippen molar-refractivity contribution >= 4 is 17.6 Å². The van der Waals surface area contributed by atoms with Gasteiger partial charge in [0.25, 0.3) is 5.91 Å². The molecule has 1 atom stereocenters. The van der Waals surface area contributed by atoms with Gasteiger partial charge in [-0.1, -0.05) is 56.3 Å². The van der Waals surface area contributed by atoms with Gasteiger partial charge in [-0.15, -0.1) is 0 Å². The lowest BCUT2D eigenvalue weighted by molar-refractivity contribution is -0.122. The Balaban J connectivity index is 1.62. The summed E-state index contributed by atoms with van der Waals surface area (Å²) in [5.41, 5.74) is 3.25. The number of hydrogen-bond donors (Lipinski definition) is 1. The topological polar surface area (TPSA) is 64.6 Å². The van der Waals surface area contributed by atoms with Crippen LogP contribution in [0.15, 0.2) is 78.9 Å². The molecule has 0 fully saturated rings. The number of rotatable bonds is 7. The van der Waals surface area contributed by atoms with E-state index in [1.165, 1.54) is 12.7 Å². The molecular weight excluding hydrogens is 390 g/mol. The predicted molar refractivity (Wildman–Crippen MR) is 122 cm³/mol. The molecule has 0 bridgehead atoms. The number of nitrogens with one attached hydrogen (secondary N) is 1. The zero-order valence-electron chi connectivity index (χ0n) is 18.2. The number of amides is 1. The van der Waals surface area contributed by atoms with Crippen molar-refractivity contribution in [2.45, 2.75) is 32.3 Å². The van der Waals surface area contributed by atoms with Crippen molar-refractivity contribution in [2.75, 3.05) is 12.4 Å². The molecule has 0 radical (unpaired) electrons. The number of esters is 1. The highest BCUT2D eigenvalue weighted by atomic mass is 16.5. The lowest BCUT2D eigenvalue weighted by Crippen LogP contribution is -2.30. The molecule has 0 spiro atoms. The fourth-order valence-corrected chi connectivity index (χ4v) is 3.28. The maximum absolute atomic E-state index is 12.5. The second kappa shape index (κ2) is 9.47. The minimum absolute atomic E-state index is 0.140. The summed E-state index contributed by atoms with van der Waals surface area (Å²) in [4.78, 5) is 24.0. The SMILES string of the molecule is COC(=O)c1ccc(NC(=O)C(C)Oc2ccc(C(C)(C)c3ccccc3)cc2)cc1. The Hall–Kier alpha value is -3.60. The highest BCUT2D eigenvalue weighted by molar-refractivity contribution is 5.95. The van der Waals surface area contributed by atoms with Crippen LogP contribution >= 0.6 is 0 Å². The van der Waals surface area contributed by atoms with E-state index in [1.807, 2.05) is 42.5 Å². The minimum atomic E-state index is -0.687. The zero-order valence-corrected chi connectivity index (χ0v) is 18.2. The number of ether oxygens (including phenoxy) is 2. The first-order chi connectivity index (χ1) is 14.8. The molecule has 3 aromatic rings. The maximum atomic E-state index is 12.5. The van der Waals surface area contributed by atoms with Gasteiger partial charge in [0.2, 0.25) is 0 Å². The van der Waals surface area contributed by atoms with E-state index in [-0.39, 0.29) is 11.3 Å². The third-order valence-corrected chi connectivity index (χ3v) is 5.33. The van der Waals surface area contributed by atoms with E-state index in [0.717, 1.165) is 5.56 Å². The Morgan fingerprint density at radius 2 is 1.42 bits per heavy atom. The van der Waals surface area contributed by atoms with Crippen molar-refractivity contribution in [2.24, 2.45) is 0 Å². The molecule has 0 aliphatic heterocycles. The summed E-state index contributed by atoms with van der Waals surface area (Å²) in [6, 6.07) is 24.6. The van der Waals surface area contributed by atoms with E-state index in [0.29, 0.717) is 17.0 Å². The monoisotopic (exact) mass is 417 g/mol. The van der Waals surface area contributed by atoms with Crippen LogP contribution in [0.2, 0.25) is 0 Å². The molecule has 160 valence electrons. The van der Waals surface area contributed by atoms with Crippen LogP contribution in [0.5, 0.6) is 5.75 Å². The van der Waals surface area contributed by atoms with E-state index in [4.69, 9.17) is 4.74 Å². The van der Waals surface area contributed by atoms with Gasteiger partial charge >= 0.3 is 5.97 Å². The summed E-state index contributed by atoms with van der Waals surface area (Å²) in [7, 11) is 1.33. The van der Waals surface area contributed by atoms with Crippen LogP contribution in [-0.2, 0) is 14.9 Å². The van der Waals surface area contributed by atoms with Gasteiger partial charge < -0.3 is 14.8 Å². The summed E-state index contributed by atoms with van der Waals surface area (Å²) in [6.45, 7) is 6.06. The number of carbonyl (C=O) groups is 2. The van der Waals surface area contributed by atoms with Crippen molar-refractivity contribution in [1.29, 1.82) is 0 Å². The Morgan fingerprint density at radius 3 is 2.00 bits per heavy atom. The first-order valence-corrected chi connectivity index (χ1v) is 10.1. The van der Waals surface area contributed by atoms with Crippen LogP contribution in [0.1, 0.15) is 42.3 Å². The van der Waals surface area contributed by atoms with E-state index in [9.17, 15) is 9.59 Å². The quantitative estimate of drug-likeness (QED) is 0.536. The van der Waals surface area contributed by atoms with Crippen LogP contribution in [-0.4, -0.2) is 25.1 Å². The van der Waals surface area contributed by atoms with Gasteiger partial charge in [0.05, 0.1) is 12.7 Å². The van der Waals surface area contributed by atoms with Crippen LogP contribution in [0.4, 0.5) is 5.69 Å². The standard InChI is InChI=1S/C26H27NO4/c1-18(24(28)27-22-14-10-19(11-15-22)25(29)30-4)31-23-16-12-21(13-17-23)26(2,3)20-8-6-5-7-9-20/h5-18H,1-4H3,(H,27,28). The average molecular weight is 418 g/mol. The van der Waals surface area contributed by atoms with Crippen molar-refractivity contribution < 1.29 is 19.1 Å². The summed E-state index contributed by atoms with van der Waals surface area (Å²) in [6.07, 6.45) is -0.687. The smallest absolute Gasteiger partial charge is 0.337 e. The highest BCUT2D eigenvalue weighted by Gasteiger charge is 2.23. The Kier molecular flexibility index (Phi) is 6.75. The normalized spacial score (nSPS) is 12.0. The number of methoxy groups -OCH3 is 1. The predicted octanol–water partition coefficient (Wildman–Crippen LogP) is 5.21. The van der Waals surface area contributed by atoms with Gasteiger partial charge in [0.15, 0.2) is 6.10 Å². The number of benzene rings is 3. The molecule has 3 aromatic carbocycles. The maximum Gasteiger partial charge on any atom is 0.337 e. The third kappa shape index (κ3) is 5.31. The molecule has 0 aromatic heterocycles. The summed E-state index contributed by atoms with van der Waals surface area (Å²) < 4.78 is 10.5. The molecule has 0 aliphatic rings. The van der Waals surface area contributed by atoms with E-state index in [1.54, 1.807) is 31.2 Å². The molecule has 1 amide bonds. The van der Waals surface area contributed by atoms with Crippen molar-refractivity contribution in [1.82, 2.24) is 0 Å². The van der Waals surface area contributed by atoms with Gasteiger partial charge in [-0.3, -0.25) is 4.79 Å². The Morgan fingerprint density at radius 1 is 0.839 bits per heavy atom. The van der Waals surface area contributed by atoms with Crippen molar-refractivity contribution in [3.8, 4) is 5.75 Å². The van der Waals surface area contributed by atoms with Gasteiger partial charge in [0, 0.05) is 11.1 Å². The molecule has 0 aliphatic carbocycles. The number of carbonyl (C=O) groups excluding carboxylic acids is 2. The summed E-state index contributed by atoms with van der Waals surface area (Å²) in [5.74, 6) is -0.0794. The van der Waals surface area contributed by atoms with Crippen LogP contribution in [0.3, 0.4) is 0 Å². The van der Waals surface area contributed by atoms with E-state index < -0.39 is 12.1 Å². The van der Waals surface area contributed by atoms with Gasteiger partial charge in [0.1, 0.15) is 5.75 Å². The second-order valence-corrected chi connectivity index (χ2v) is 7.83. The van der Waals surface area contributed by atoms with Crippen LogP contribution in [0, 0.1) is 0 Å². The van der Waals surface area contributed by atoms with Crippen molar-refractivity contribution in [3.05, 3.63) is 95.6 Å². The fourth-order valence-electron chi connectivity index (χ4n) is 3.28. The van der Waals surface area contributed by atoms with Crippen molar-refractivity contribution in [3.63, 3.8) is 0 Å². The molecule has 5 nitrogen and oxygen atoms in total. The first kappa shape index (κ1) is 22.1. The van der Waals surface area contributed by atoms with Gasteiger partial charge in [-0.25, -0.2) is 4.79 Å². The highest BCUT2D eigenvalue weighted by Crippen LogP contribution is 2.32. The molecule has 3 rings (SSSR count). The molecular formula is C26H27NO4. The molecule has 1 unspecified atom stereocenters. The summed E-state index contributed by atoms with van der Waals surface area (Å²) in [5, 5.41) is 2.79. The molecule has 0 heterocycles. The third-order valence-electron chi connectivity index (χ3n) is 5.33.